The molecule has 2 bridgehead atoms. The van der Waals surface area contributed by atoms with Crippen LogP contribution in [-0.2, 0) is 5.41 Å². The normalized spacial score (nSPS) is 36.3. The molecule has 0 aromatic heterocycles. The van der Waals surface area contributed by atoms with E-state index in [1.165, 1.54) is 31.5 Å². The Morgan fingerprint density at radius 3 is 2.62 bits per heavy atom. The summed E-state index contributed by atoms with van der Waals surface area (Å²) in [6.45, 7) is 2.39. The van der Waals surface area contributed by atoms with Crippen molar-refractivity contribution in [1.82, 2.24) is 5.32 Å². The molecule has 4 unspecified atom stereocenters. The Morgan fingerprint density at radius 1 is 0.905 bits per heavy atom. The molecule has 4 atom stereocenters. The van der Waals surface area contributed by atoms with Gasteiger partial charge in [-0.1, -0.05) is 54.6 Å². The number of hydrogen-bond donors (Lipinski definition) is 1. The molecule has 3 aliphatic carbocycles. The number of nitrogens with one attached hydrogen (secondary N) is 1. The SMILES string of the molecule is c1ccc(C23CCC(c4ccccc42)C2CNCC23)cc1. The van der Waals surface area contributed by atoms with E-state index in [2.05, 4.69) is 59.9 Å². The lowest BCUT2D eigenvalue weighted by Gasteiger charge is -2.55. The molecule has 1 saturated heterocycles. The topological polar surface area (TPSA) is 12.0 Å². The van der Waals surface area contributed by atoms with Crippen molar-refractivity contribution in [3.8, 4) is 0 Å². The highest BCUT2D eigenvalue weighted by atomic mass is 14.9. The summed E-state index contributed by atoms with van der Waals surface area (Å²) in [5.74, 6) is 2.38. The minimum absolute atomic E-state index is 0.251. The lowest BCUT2D eigenvalue weighted by molar-refractivity contribution is 0.136. The third-order valence-corrected chi connectivity index (χ3v) is 6.39. The van der Waals surface area contributed by atoms with Crippen LogP contribution in [0.15, 0.2) is 54.6 Å². The first kappa shape index (κ1) is 12.0. The summed E-state index contributed by atoms with van der Waals surface area (Å²) in [6, 6.07) is 20.6. The van der Waals surface area contributed by atoms with E-state index < -0.39 is 0 Å². The van der Waals surface area contributed by atoms with Crippen LogP contribution in [0.5, 0.6) is 0 Å². The van der Waals surface area contributed by atoms with Crippen molar-refractivity contribution in [1.29, 1.82) is 0 Å². The summed E-state index contributed by atoms with van der Waals surface area (Å²) in [7, 11) is 0. The van der Waals surface area contributed by atoms with Crippen molar-refractivity contribution in [2.75, 3.05) is 13.1 Å². The van der Waals surface area contributed by atoms with E-state index in [4.69, 9.17) is 0 Å². The zero-order valence-electron chi connectivity index (χ0n) is 12.3. The summed E-state index contributed by atoms with van der Waals surface area (Å²) in [4.78, 5) is 0. The van der Waals surface area contributed by atoms with Crippen molar-refractivity contribution in [3.63, 3.8) is 0 Å². The highest BCUT2D eigenvalue weighted by Gasteiger charge is 2.57. The average molecular weight is 275 g/mol. The van der Waals surface area contributed by atoms with Gasteiger partial charge in [-0.15, -0.1) is 0 Å². The molecule has 106 valence electrons. The van der Waals surface area contributed by atoms with Gasteiger partial charge in [-0.25, -0.2) is 0 Å². The zero-order chi connectivity index (χ0) is 13.9. The lowest BCUT2D eigenvalue weighted by atomic mass is 9.47. The van der Waals surface area contributed by atoms with Gasteiger partial charge in [0.15, 0.2) is 0 Å². The van der Waals surface area contributed by atoms with Gasteiger partial charge in [0, 0.05) is 5.41 Å². The molecule has 0 radical (unpaired) electrons. The predicted octanol–water partition coefficient (Wildman–Crippen LogP) is 3.70. The molecule has 2 aromatic rings. The number of rotatable bonds is 1. The van der Waals surface area contributed by atoms with Gasteiger partial charge < -0.3 is 5.32 Å². The molecule has 1 nitrogen and oxygen atoms in total. The minimum Gasteiger partial charge on any atom is -0.316 e. The van der Waals surface area contributed by atoms with Crippen LogP contribution >= 0.6 is 0 Å². The van der Waals surface area contributed by atoms with Crippen molar-refractivity contribution in [3.05, 3.63) is 71.3 Å². The van der Waals surface area contributed by atoms with Crippen LogP contribution < -0.4 is 5.32 Å². The third kappa shape index (κ3) is 1.40. The van der Waals surface area contributed by atoms with E-state index in [0.717, 1.165) is 17.8 Å². The van der Waals surface area contributed by atoms with E-state index >= 15 is 0 Å². The first-order chi connectivity index (χ1) is 10.4. The van der Waals surface area contributed by atoms with E-state index in [1.807, 2.05) is 0 Å². The standard InChI is InChI=1S/C20H21N/c1-2-6-14(7-3-1)20-11-10-15(17-12-21-13-19(17)20)16-8-4-5-9-18(16)20/h1-9,15,17,19,21H,10-13H2. The lowest BCUT2D eigenvalue weighted by Crippen LogP contribution is -2.51. The molecule has 1 aliphatic heterocycles. The second-order valence-electron chi connectivity index (χ2n) is 7.00. The Morgan fingerprint density at radius 2 is 1.71 bits per heavy atom. The summed E-state index contributed by atoms with van der Waals surface area (Å²) >= 11 is 0. The molecule has 2 aromatic carbocycles. The van der Waals surface area contributed by atoms with Crippen molar-refractivity contribution in [2.24, 2.45) is 11.8 Å². The van der Waals surface area contributed by atoms with Crippen LogP contribution in [0.1, 0.15) is 35.4 Å². The van der Waals surface area contributed by atoms with Crippen molar-refractivity contribution < 1.29 is 0 Å². The Kier molecular flexibility index (Phi) is 2.40. The van der Waals surface area contributed by atoms with Crippen LogP contribution in [0.3, 0.4) is 0 Å². The van der Waals surface area contributed by atoms with Crippen LogP contribution in [0.4, 0.5) is 0 Å². The van der Waals surface area contributed by atoms with Gasteiger partial charge in [0.1, 0.15) is 0 Å². The molecule has 1 N–H and O–H groups in total. The Bertz CT molecular complexity index is 677. The summed E-state index contributed by atoms with van der Waals surface area (Å²) < 4.78 is 0. The van der Waals surface area contributed by atoms with Crippen LogP contribution in [0, 0.1) is 11.8 Å². The quantitative estimate of drug-likeness (QED) is 0.837. The molecule has 4 aliphatic rings. The first-order valence-electron chi connectivity index (χ1n) is 8.27. The van der Waals surface area contributed by atoms with Gasteiger partial charge in [-0.05, 0) is 60.4 Å². The zero-order valence-corrected chi connectivity index (χ0v) is 12.3. The highest BCUT2D eigenvalue weighted by molar-refractivity contribution is 5.52. The maximum Gasteiger partial charge on any atom is 0.0249 e. The van der Waals surface area contributed by atoms with Gasteiger partial charge in [0.05, 0.1) is 0 Å². The maximum atomic E-state index is 3.69. The van der Waals surface area contributed by atoms with Crippen molar-refractivity contribution >= 4 is 0 Å². The molecule has 0 amide bonds. The summed E-state index contributed by atoms with van der Waals surface area (Å²) in [5.41, 5.74) is 5.05. The van der Waals surface area contributed by atoms with E-state index in [-0.39, 0.29) is 5.41 Å². The minimum atomic E-state index is 0.251. The smallest absolute Gasteiger partial charge is 0.0249 e. The average Bonchev–Trinajstić information content (AvgIpc) is 3.07. The number of fused-ring (bicyclic) bond motifs is 1. The van der Waals surface area contributed by atoms with Gasteiger partial charge in [0.2, 0.25) is 0 Å². The molecule has 1 heteroatoms. The summed E-state index contributed by atoms with van der Waals surface area (Å²) in [5, 5.41) is 3.69. The van der Waals surface area contributed by atoms with E-state index in [0.29, 0.717) is 0 Å². The number of benzene rings is 2. The van der Waals surface area contributed by atoms with Gasteiger partial charge in [0.25, 0.3) is 0 Å². The third-order valence-electron chi connectivity index (χ3n) is 6.39. The summed E-state index contributed by atoms with van der Waals surface area (Å²) in [6.07, 6.45) is 2.68. The first-order valence-corrected chi connectivity index (χ1v) is 8.27. The maximum absolute atomic E-state index is 3.69. The Labute approximate surface area is 126 Å². The monoisotopic (exact) mass is 275 g/mol. The molecule has 2 fully saturated rings. The molecule has 1 heterocycles. The molecule has 0 spiro atoms. The van der Waals surface area contributed by atoms with E-state index in [1.54, 1.807) is 11.1 Å². The van der Waals surface area contributed by atoms with E-state index in [9.17, 15) is 0 Å². The Hall–Kier alpha value is -1.60. The van der Waals surface area contributed by atoms with Gasteiger partial charge >= 0.3 is 0 Å². The molecule has 1 saturated carbocycles. The number of hydrogen-bond acceptors (Lipinski definition) is 1. The molecule has 6 rings (SSSR count). The fourth-order valence-corrected chi connectivity index (χ4v) is 5.64. The van der Waals surface area contributed by atoms with Gasteiger partial charge in [-0.3, -0.25) is 0 Å². The fraction of sp³-hybridized carbons (Fsp3) is 0.400. The van der Waals surface area contributed by atoms with Crippen LogP contribution in [0.2, 0.25) is 0 Å². The second kappa shape index (κ2) is 4.20. The molecule has 21 heavy (non-hydrogen) atoms. The molecular weight excluding hydrogens is 254 g/mol. The predicted molar refractivity (Wildman–Crippen MR) is 85.5 cm³/mol. The van der Waals surface area contributed by atoms with Crippen LogP contribution in [-0.4, -0.2) is 13.1 Å². The highest BCUT2D eigenvalue weighted by Crippen LogP contribution is 2.62. The second-order valence-corrected chi connectivity index (χ2v) is 7.00. The van der Waals surface area contributed by atoms with Gasteiger partial charge in [-0.2, -0.15) is 0 Å². The van der Waals surface area contributed by atoms with Crippen molar-refractivity contribution in [2.45, 2.75) is 24.2 Å². The largest absolute Gasteiger partial charge is 0.316 e. The van der Waals surface area contributed by atoms with Crippen LogP contribution in [0.25, 0.3) is 0 Å². The molecular formula is C20H21N. The fourth-order valence-electron chi connectivity index (χ4n) is 5.64. The Balaban J connectivity index is 1.82.